The predicted octanol–water partition coefficient (Wildman–Crippen LogP) is 2.21. The van der Waals surface area contributed by atoms with Crippen molar-refractivity contribution in [2.75, 3.05) is 6.61 Å². The lowest BCUT2D eigenvalue weighted by Gasteiger charge is -2.26. The number of H-pyrrole nitrogens is 1. The first-order valence-electron chi connectivity index (χ1n) is 4.89. The number of carbonyl (C=O) groups excluding carboxylic acids is 1. The van der Waals surface area contributed by atoms with E-state index in [1.165, 1.54) is 6.07 Å². The maximum atomic E-state index is 11.8. The van der Waals surface area contributed by atoms with Crippen molar-refractivity contribution in [2.45, 2.75) is 25.8 Å². The molecule has 1 aromatic rings. The molecule has 0 aliphatic heterocycles. The third kappa shape index (κ3) is 2.90. The molecule has 0 aromatic carbocycles. The van der Waals surface area contributed by atoms with E-state index in [2.05, 4.69) is 10.3 Å². The Hall–Kier alpha value is -0.710. The van der Waals surface area contributed by atoms with Crippen LogP contribution in [0.5, 0.6) is 0 Å². The highest BCUT2D eigenvalue weighted by molar-refractivity contribution is 6.41. The van der Waals surface area contributed by atoms with Crippen molar-refractivity contribution in [3.63, 3.8) is 0 Å². The van der Waals surface area contributed by atoms with Crippen molar-refractivity contribution in [3.05, 3.63) is 21.9 Å². The van der Waals surface area contributed by atoms with Crippen LogP contribution in [0.1, 0.15) is 30.8 Å². The molecule has 0 spiro atoms. The van der Waals surface area contributed by atoms with Crippen LogP contribution in [0.2, 0.25) is 10.2 Å². The standard InChI is InChI=1S/C10H14Cl2N2O2/c1-3-10(2,5-15)14-9(16)7-4-6(11)8(12)13-7/h4,13,15H,3,5H2,1-2H3,(H,14,16). The molecule has 0 saturated heterocycles. The van der Waals surface area contributed by atoms with Gasteiger partial charge in [-0.05, 0) is 19.4 Å². The molecular weight excluding hydrogens is 251 g/mol. The number of hydrogen-bond donors (Lipinski definition) is 3. The Kier molecular flexibility index (Phi) is 4.24. The molecule has 0 bridgehead atoms. The maximum absolute atomic E-state index is 11.8. The number of aliphatic hydroxyl groups is 1. The highest BCUT2D eigenvalue weighted by Gasteiger charge is 2.24. The van der Waals surface area contributed by atoms with E-state index in [1.54, 1.807) is 6.92 Å². The Labute approximate surface area is 104 Å². The Morgan fingerprint density at radius 1 is 1.62 bits per heavy atom. The van der Waals surface area contributed by atoms with Crippen molar-refractivity contribution in [1.82, 2.24) is 10.3 Å². The molecule has 0 saturated carbocycles. The molecule has 1 aromatic heterocycles. The molecule has 1 rings (SSSR count). The van der Waals surface area contributed by atoms with Gasteiger partial charge < -0.3 is 15.4 Å². The molecule has 0 aliphatic rings. The van der Waals surface area contributed by atoms with E-state index in [0.717, 1.165) is 0 Å². The third-order valence-corrected chi connectivity index (χ3v) is 3.21. The first kappa shape index (κ1) is 13.4. The lowest BCUT2D eigenvalue weighted by atomic mass is 10.0. The molecule has 0 aliphatic carbocycles. The molecule has 1 unspecified atom stereocenters. The van der Waals surface area contributed by atoms with E-state index in [0.29, 0.717) is 11.4 Å². The van der Waals surface area contributed by atoms with Crippen LogP contribution in [0, 0.1) is 0 Å². The van der Waals surface area contributed by atoms with E-state index in [9.17, 15) is 4.79 Å². The summed E-state index contributed by atoms with van der Waals surface area (Å²) in [6.07, 6.45) is 0.622. The van der Waals surface area contributed by atoms with Crippen LogP contribution in [0.25, 0.3) is 0 Å². The number of aliphatic hydroxyl groups excluding tert-OH is 1. The molecule has 1 heterocycles. The van der Waals surface area contributed by atoms with Crippen molar-refractivity contribution in [2.24, 2.45) is 0 Å². The van der Waals surface area contributed by atoms with Crippen molar-refractivity contribution in [1.29, 1.82) is 0 Å². The van der Waals surface area contributed by atoms with Gasteiger partial charge in [-0.2, -0.15) is 0 Å². The van der Waals surface area contributed by atoms with Gasteiger partial charge in [-0.1, -0.05) is 30.1 Å². The number of carbonyl (C=O) groups is 1. The van der Waals surface area contributed by atoms with Crippen molar-refractivity contribution < 1.29 is 9.90 Å². The molecule has 0 fully saturated rings. The van der Waals surface area contributed by atoms with E-state index < -0.39 is 5.54 Å². The summed E-state index contributed by atoms with van der Waals surface area (Å²) in [7, 11) is 0. The van der Waals surface area contributed by atoms with Crippen LogP contribution >= 0.6 is 23.2 Å². The fourth-order valence-electron chi connectivity index (χ4n) is 1.11. The quantitative estimate of drug-likeness (QED) is 0.781. The average Bonchev–Trinajstić information content (AvgIpc) is 2.59. The van der Waals surface area contributed by atoms with Gasteiger partial charge >= 0.3 is 0 Å². The van der Waals surface area contributed by atoms with Crippen LogP contribution in [0.4, 0.5) is 0 Å². The summed E-state index contributed by atoms with van der Waals surface area (Å²) in [5.41, 5.74) is -0.357. The Morgan fingerprint density at radius 2 is 2.25 bits per heavy atom. The molecule has 0 radical (unpaired) electrons. The zero-order valence-corrected chi connectivity index (χ0v) is 10.6. The number of rotatable bonds is 4. The van der Waals surface area contributed by atoms with Gasteiger partial charge in [-0.3, -0.25) is 4.79 Å². The highest BCUT2D eigenvalue weighted by atomic mass is 35.5. The van der Waals surface area contributed by atoms with Gasteiger partial charge in [0.2, 0.25) is 0 Å². The molecule has 1 atom stereocenters. The van der Waals surface area contributed by atoms with Gasteiger partial charge in [-0.15, -0.1) is 0 Å². The molecule has 4 nitrogen and oxygen atoms in total. The molecule has 1 amide bonds. The van der Waals surface area contributed by atoms with Crippen LogP contribution in [-0.2, 0) is 0 Å². The van der Waals surface area contributed by atoms with Gasteiger partial charge in [0.25, 0.3) is 5.91 Å². The average molecular weight is 265 g/mol. The summed E-state index contributed by atoms with van der Waals surface area (Å²) >= 11 is 11.4. The molecular formula is C10H14Cl2N2O2. The highest BCUT2D eigenvalue weighted by Crippen LogP contribution is 2.22. The second-order valence-corrected chi connectivity index (χ2v) is 4.66. The smallest absolute Gasteiger partial charge is 0.268 e. The molecule has 6 heteroatoms. The van der Waals surface area contributed by atoms with Gasteiger partial charge in [-0.25, -0.2) is 0 Å². The van der Waals surface area contributed by atoms with Crippen LogP contribution in [-0.4, -0.2) is 28.1 Å². The SMILES string of the molecule is CCC(C)(CO)NC(=O)c1cc(Cl)c(Cl)[nH]1. The summed E-state index contributed by atoms with van der Waals surface area (Å²) < 4.78 is 0. The monoisotopic (exact) mass is 264 g/mol. The van der Waals surface area contributed by atoms with Crippen molar-refractivity contribution in [3.8, 4) is 0 Å². The summed E-state index contributed by atoms with van der Waals surface area (Å²) in [5, 5.41) is 12.4. The number of amides is 1. The molecule has 16 heavy (non-hydrogen) atoms. The summed E-state index contributed by atoms with van der Waals surface area (Å²) in [6.45, 7) is 3.51. The number of nitrogens with one attached hydrogen (secondary N) is 2. The van der Waals surface area contributed by atoms with E-state index in [4.69, 9.17) is 28.3 Å². The lowest BCUT2D eigenvalue weighted by Crippen LogP contribution is -2.48. The number of aromatic amines is 1. The molecule has 3 N–H and O–H groups in total. The second kappa shape index (κ2) is 5.08. The van der Waals surface area contributed by atoms with Gasteiger partial charge in [0, 0.05) is 0 Å². The van der Waals surface area contributed by atoms with E-state index in [-0.39, 0.29) is 23.4 Å². The van der Waals surface area contributed by atoms with Gasteiger partial charge in [0.15, 0.2) is 0 Å². The Balaban J connectivity index is 2.80. The van der Waals surface area contributed by atoms with Gasteiger partial charge in [0.1, 0.15) is 10.8 Å². The van der Waals surface area contributed by atoms with Crippen LogP contribution in [0.3, 0.4) is 0 Å². The van der Waals surface area contributed by atoms with Crippen LogP contribution in [0.15, 0.2) is 6.07 Å². The maximum Gasteiger partial charge on any atom is 0.268 e. The first-order chi connectivity index (χ1) is 7.41. The Bertz CT molecular complexity index is 367. The number of halogens is 2. The minimum absolute atomic E-state index is 0.128. The lowest BCUT2D eigenvalue weighted by molar-refractivity contribution is 0.0843. The Morgan fingerprint density at radius 3 is 2.62 bits per heavy atom. The fourth-order valence-corrected chi connectivity index (χ4v) is 1.42. The topological polar surface area (TPSA) is 65.1 Å². The summed E-state index contributed by atoms with van der Waals surface area (Å²) in [5.74, 6) is -0.341. The first-order valence-corrected chi connectivity index (χ1v) is 5.65. The number of hydrogen-bond acceptors (Lipinski definition) is 2. The zero-order valence-electron chi connectivity index (χ0n) is 9.10. The summed E-state index contributed by atoms with van der Waals surface area (Å²) in [6, 6.07) is 1.45. The van der Waals surface area contributed by atoms with Crippen LogP contribution < -0.4 is 5.32 Å². The minimum Gasteiger partial charge on any atom is -0.394 e. The molecule has 90 valence electrons. The fraction of sp³-hybridized carbons (Fsp3) is 0.500. The number of aromatic nitrogens is 1. The van der Waals surface area contributed by atoms with Gasteiger partial charge in [0.05, 0.1) is 17.2 Å². The van der Waals surface area contributed by atoms with E-state index in [1.807, 2.05) is 6.92 Å². The largest absolute Gasteiger partial charge is 0.394 e. The summed E-state index contributed by atoms with van der Waals surface area (Å²) in [4.78, 5) is 14.4. The van der Waals surface area contributed by atoms with E-state index >= 15 is 0 Å². The third-order valence-electron chi connectivity index (χ3n) is 2.51. The predicted molar refractivity (Wildman–Crippen MR) is 64.1 cm³/mol. The second-order valence-electron chi connectivity index (χ2n) is 3.87. The normalized spacial score (nSPS) is 14.6. The zero-order chi connectivity index (χ0) is 12.3. The van der Waals surface area contributed by atoms with Crippen molar-refractivity contribution >= 4 is 29.1 Å². The minimum atomic E-state index is -0.638.